The SMILES string of the molecule is CC1CN(c2n[nH]c(-c3cc(Br)ccc3Br)n2)CCN1. The van der Waals surface area contributed by atoms with E-state index in [4.69, 9.17) is 0 Å². The molecule has 0 radical (unpaired) electrons. The summed E-state index contributed by atoms with van der Waals surface area (Å²) >= 11 is 7.03. The second-order valence-electron chi connectivity index (χ2n) is 4.91. The van der Waals surface area contributed by atoms with Crippen molar-refractivity contribution in [2.75, 3.05) is 24.5 Å². The molecular weight excluding hydrogens is 386 g/mol. The number of anilines is 1. The Morgan fingerprint density at radius 2 is 2.20 bits per heavy atom. The Hall–Kier alpha value is -0.920. The van der Waals surface area contributed by atoms with Crippen molar-refractivity contribution >= 4 is 37.8 Å². The van der Waals surface area contributed by atoms with Gasteiger partial charge in [0.05, 0.1) is 0 Å². The number of hydrogen-bond acceptors (Lipinski definition) is 4. The highest BCUT2D eigenvalue weighted by Gasteiger charge is 2.20. The Bertz CT molecular complexity index is 613. The van der Waals surface area contributed by atoms with Gasteiger partial charge in [-0.3, -0.25) is 5.10 Å². The maximum Gasteiger partial charge on any atom is 0.245 e. The van der Waals surface area contributed by atoms with Gasteiger partial charge in [0.25, 0.3) is 0 Å². The molecule has 106 valence electrons. The smallest absolute Gasteiger partial charge is 0.245 e. The first-order chi connectivity index (χ1) is 9.63. The summed E-state index contributed by atoms with van der Waals surface area (Å²) in [6.07, 6.45) is 0. The standard InChI is InChI=1S/C13H15Br2N5/c1-8-7-20(5-4-16-8)13-17-12(18-19-13)10-6-9(14)2-3-11(10)15/h2-3,6,8,16H,4-5,7H2,1H3,(H,17,18,19). The van der Waals surface area contributed by atoms with Crippen molar-refractivity contribution < 1.29 is 0 Å². The summed E-state index contributed by atoms with van der Waals surface area (Å²) in [7, 11) is 0. The predicted octanol–water partition coefficient (Wildman–Crippen LogP) is 2.79. The van der Waals surface area contributed by atoms with Crippen LogP contribution in [0.1, 0.15) is 6.92 Å². The summed E-state index contributed by atoms with van der Waals surface area (Å²) in [6, 6.07) is 6.47. The summed E-state index contributed by atoms with van der Waals surface area (Å²) in [6.45, 7) is 4.99. The zero-order chi connectivity index (χ0) is 14.1. The van der Waals surface area contributed by atoms with Gasteiger partial charge < -0.3 is 10.2 Å². The van der Waals surface area contributed by atoms with Crippen LogP contribution >= 0.6 is 31.9 Å². The van der Waals surface area contributed by atoms with E-state index in [1.807, 2.05) is 18.2 Å². The van der Waals surface area contributed by atoms with Crippen LogP contribution in [-0.4, -0.2) is 40.9 Å². The molecule has 1 aromatic carbocycles. The number of nitrogens with zero attached hydrogens (tertiary/aromatic N) is 3. The Morgan fingerprint density at radius 3 is 3.00 bits per heavy atom. The van der Waals surface area contributed by atoms with Gasteiger partial charge in [-0.2, -0.15) is 4.98 Å². The first kappa shape index (κ1) is 14.0. The molecule has 0 saturated carbocycles. The van der Waals surface area contributed by atoms with Gasteiger partial charge in [-0.05, 0) is 25.1 Å². The summed E-state index contributed by atoms with van der Waals surface area (Å²) in [4.78, 5) is 6.82. The third-order valence-electron chi connectivity index (χ3n) is 3.31. The minimum Gasteiger partial charge on any atom is -0.337 e. The van der Waals surface area contributed by atoms with Gasteiger partial charge in [0.2, 0.25) is 5.95 Å². The summed E-state index contributed by atoms with van der Waals surface area (Å²) in [5.41, 5.74) is 1.00. The van der Waals surface area contributed by atoms with Gasteiger partial charge in [0.15, 0.2) is 5.82 Å². The first-order valence-corrected chi connectivity index (χ1v) is 8.08. The van der Waals surface area contributed by atoms with Crippen LogP contribution in [-0.2, 0) is 0 Å². The number of halogens is 2. The molecule has 0 spiro atoms. The molecular formula is C13H15Br2N5. The maximum atomic E-state index is 4.62. The highest BCUT2D eigenvalue weighted by Crippen LogP contribution is 2.29. The maximum absolute atomic E-state index is 4.62. The number of piperazine rings is 1. The lowest BCUT2D eigenvalue weighted by Crippen LogP contribution is -2.49. The van der Waals surface area contributed by atoms with Gasteiger partial charge in [-0.1, -0.05) is 31.9 Å². The second-order valence-corrected chi connectivity index (χ2v) is 6.68. The monoisotopic (exact) mass is 399 g/mol. The van der Waals surface area contributed by atoms with Gasteiger partial charge in [0.1, 0.15) is 0 Å². The van der Waals surface area contributed by atoms with Crippen LogP contribution in [0.4, 0.5) is 5.95 Å². The van der Waals surface area contributed by atoms with Crippen molar-refractivity contribution in [2.24, 2.45) is 0 Å². The fraction of sp³-hybridized carbons (Fsp3) is 0.385. The molecule has 0 amide bonds. The second kappa shape index (κ2) is 5.83. The van der Waals surface area contributed by atoms with Crippen LogP contribution in [0.5, 0.6) is 0 Å². The lowest BCUT2D eigenvalue weighted by atomic mass is 10.2. The van der Waals surface area contributed by atoms with Crippen LogP contribution in [0.2, 0.25) is 0 Å². The van der Waals surface area contributed by atoms with E-state index in [0.717, 1.165) is 45.9 Å². The number of aromatic nitrogens is 3. The molecule has 1 fully saturated rings. The van der Waals surface area contributed by atoms with Crippen molar-refractivity contribution in [3.8, 4) is 11.4 Å². The fourth-order valence-electron chi connectivity index (χ4n) is 2.31. The molecule has 1 saturated heterocycles. The Morgan fingerprint density at radius 1 is 1.35 bits per heavy atom. The topological polar surface area (TPSA) is 56.8 Å². The lowest BCUT2D eigenvalue weighted by molar-refractivity contribution is 0.480. The molecule has 1 aliphatic rings. The molecule has 2 N–H and O–H groups in total. The Labute approximate surface area is 134 Å². The molecule has 1 aliphatic heterocycles. The Balaban J connectivity index is 1.88. The van der Waals surface area contributed by atoms with Gasteiger partial charge in [0, 0.05) is 40.2 Å². The quantitative estimate of drug-likeness (QED) is 0.813. The van der Waals surface area contributed by atoms with Crippen molar-refractivity contribution in [1.29, 1.82) is 0 Å². The zero-order valence-electron chi connectivity index (χ0n) is 11.0. The van der Waals surface area contributed by atoms with Crippen molar-refractivity contribution in [3.05, 3.63) is 27.1 Å². The number of nitrogens with one attached hydrogen (secondary N) is 2. The summed E-state index contributed by atoms with van der Waals surface area (Å²) in [5.74, 6) is 1.54. The average Bonchev–Trinajstić information content (AvgIpc) is 2.91. The molecule has 3 rings (SSSR count). The number of aromatic amines is 1. The van der Waals surface area contributed by atoms with Crippen LogP contribution in [0.25, 0.3) is 11.4 Å². The number of rotatable bonds is 2. The largest absolute Gasteiger partial charge is 0.337 e. The molecule has 20 heavy (non-hydrogen) atoms. The molecule has 5 nitrogen and oxygen atoms in total. The van der Waals surface area contributed by atoms with E-state index in [0.29, 0.717) is 6.04 Å². The van der Waals surface area contributed by atoms with E-state index in [2.05, 4.69) is 64.2 Å². The lowest BCUT2D eigenvalue weighted by Gasteiger charge is -2.30. The van der Waals surface area contributed by atoms with Crippen LogP contribution in [0.15, 0.2) is 27.1 Å². The van der Waals surface area contributed by atoms with E-state index in [-0.39, 0.29) is 0 Å². The van der Waals surface area contributed by atoms with Gasteiger partial charge in [-0.25, -0.2) is 0 Å². The van der Waals surface area contributed by atoms with Crippen LogP contribution in [0, 0.1) is 0 Å². The zero-order valence-corrected chi connectivity index (χ0v) is 14.2. The minimum atomic E-state index is 0.461. The van der Waals surface area contributed by atoms with E-state index in [1.54, 1.807) is 0 Å². The molecule has 1 atom stereocenters. The van der Waals surface area contributed by atoms with Crippen molar-refractivity contribution in [1.82, 2.24) is 20.5 Å². The average molecular weight is 401 g/mol. The number of benzene rings is 1. The van der Waals surface area contributed by atoms with E-state index >= 15 is 0 Å². The number of hydrogen-bond donors (Lipinski definition) is 2. The predicted molar refractivity (Wildman–Crippen MR) is 86.9 cm³/mol. The van der Waals surface area contributed by atoms with Gasteiger partial charge >= 0.3 is 0 Å². The van der Waals surface area contributed by atoms with E-state index < -0.39 is 0 Å². The first-order valence-electron chi connectivity index (χ1n) is 6.49. The fourth-order valence-corrected chi connectivity index (χ4v) is 3.10. The third kappa shape index (κ3) is 2.89. The molecule has 0 aliphatic carbocycles. The van der Waals surface area contributed by atoms with Crippen LogP contribution < -0.4 is 10.2 Å². The normalized spacial score (nSPS) is 19.4. The molecule has 1 unspecified atom stereocenters. The van der Waals surface area contributed by atoms with Gasteiger partial charge in [-0.15, -0.1) is 5.10 Å². The molecule has 2 aromatic rings. The molecule has 0 bridgehead atoms. The number of H-pyrrole nitrogens is 1. The van der Waals surface area contributed by atoms with Crippen molar-refractivity contribution in [3.63, 3.8) is 0 Å². The van der Waals surface area contributed by atoms with E-state index in [9.17, 15) is 0 Å². The highest BCUT2D eigenvalue weighted by atomic mass is 79.9. The molecule has 7 heteroatoms. The van der Waals surface area contributed by atoms with E-state index in [1.165, 1.54) is 0 Å². The van der Waals surface area contributed by atoms with Crippen LogP contribution in [0.3, 0.4) is 0 Å². The Kier molecular flexibility index (Phi) is 4.09. The highest BCUT2D eigenvalue weighted by molar-refractivity contribution is 9.11. The third-order valence-corrected chi connectivity index (χ3v) is 4.49. The minimum absolute atomic E-state index is 0.461. The molecule has 1 aromatic heterocycles. The summed E-state index contributed by atoms with van der Waals surface area (Å²) < 4.78 is 2.02. The molecule has 2 heterocycles. The summed E-state index contributed by atoms with van der Waals surface area (Å²) in [5, 5.41) is 10.8. The van der Waals surface area contributed by atoms with Crippen molar-refractivity contribution in [2.45, 2.75) is 13.0 Å².